The third-order valence-electron chi connectivity index (χ3n) is 5.58. The van der Waals surface area contributed by atoms with Crippen molar-refractivity contribution < 1.29 is 33.6 Å². The van der Waals surface area contributed by atoms with Crippen LogP contribution in [0.25, 0.3) is 11.0 Å². The van der Waals surface area contributed by atoms with Gasteiger partial charge in [-0.25, -0.2) is 4.79 Å². The smallest absolute Gasteiger partial charge is 0.336 e. The highest BCUT2D eigenvalue weighted by Gasteiger charge is 2.49. The Morgan fingerprint density at radius 3 is 2.61 bits per heavy atom. The van der Waals surface area contributed by atoms with Crippen LogP contribution in [0.3, 0.4) is 0 Å². The van der Waals surface area contributed by atoms with E-state index in [1.165, 1.54) is 6.07 Å². The largest absolute Gasteiger partial charge is 0.462 e. The minimum absolute atomic E-state index is 0.166. The first-order valence-corrected chi connectivity index (χ1v) is 10.0. The van der Waals surface area contributed by atoms with Crippen LogP contribution >= 0.6 is 0 Å². The molecular formula is C23H22O8. The second kappa shape index (κ2) is 8.07. The van der Waals surface area contributed by atoms with Crippen molar-refractivity contribution in [2.45, 2.75) is 43.9 Å². The Morgan fingerprint density at radius 1 is 1.00 bits per heavy atom. The van der Waals surface area contributed by atoms with Crippen LogP contribution in [0.15, 0.2) is 63.8 Å². The monoisotopic (exact) mass is 426 g/mol. The molecule has 2 fully saturated rings. The Hall–Kier alpha value is -2.75. The van der Waals surface area contributed by atoms with Crippen molar-refractivity contribution in [1.82, 2.24) is 0 Å². The molecule has 3 heterocycles. The van der Waals surface area contributed by atoms with Gasteiger partial charge in [0, 0.05) is 23.1 Å². The zero-order chi connectivity index (χ0) is 21.5. The lowest BCUT2D eigenvalue weighted by molar-refractivity contribution is -0.350. The average Bonchev–Trinajstić information content (AvgIpc) is 2.77. The molecule has 162 valence electrons. The van der Waals surface area contributed by atoms with Crippen LogP contribution in [0.2, 0.25) is 0 Å². The first-order chi connectivity index (χ1) is 15.0. The van der Waals surface area contributed by atoms with Crippen LogP contribution in [0.4, 0.5) is 0 Å². The lowest BCUT2D eigenvalue weighted by Gasteiger charge is -2.46. The summed E-state index contributed by atoms with van der Waals surface area (Å²) in [4.78, 5) is 11.7. The normalized spacial score (nSPS) is 30.7. The molecule has 0 saturated carbocycles. The molecule has 2 aliphatic heterocycles. The lowest BCUT2D eigenvalue weighted by Crippen LogP contribution is -2.62. The van der Waals surface area contributed by atoms with Gasteiger partial charge in [0.05, 0.1) is 6.61 Å². The molecule has 5 rings (SSSR count). The van der Waals surface area contributed by atoms with Crippen molar-refractivity contribution in [3.05, 3.63) is 76.1 Å². The molecule has 0 spiro atoms. The van der Waals surface area contributed by atoms with E-state index in [0.717, 1.165) is 16.5 Å². The molecule has 0 bridgehead atoms. The van der Waals surface area contributed by atoms with Gasteiger partial charge in [-0.05, 0) is 24.6 Å². The maximum absolute atomic E-state index is 11.7. The summed E-state index contributed by atoms with van der Waals surface area (Å²) < 4.78 is 28.5. The van der Waals surface area contributed by atoms with Gasteiger partial charge in [0.15, 0.2) is 6.29 Å². The summed E-state index contributed by atoms with van der Waals surface area (Å²) in [7, 11) is 0. The molecule has 8 nitrogen and oxygen atoms in total. The number of hydrogen-bond acceptors (Lipinski definition) is 8. The van der Waals surface area contributed by atoms with Gasteiger partial charge < -0.3 is 33.6 Å². The molecule has 1 aromatic heterocycles. The molecule has 0 amide bonds. The maximum atomic E-state index is 11.7. The Balaban J connectivity index is 1.33. The summed E-state index contributed by atoms with van der Waals surface area (Å²) in [6.07, 6.45) is -5.78. The minimum atomic E-state index is -1.35. The number of aliphatic hydroxyl groups is 2. The quantitative estimate of drug-likeness (QED) is 0.613. The predicted molar refractivity (Wildman–Crippen MR) is 109 cm³/mol. The fourth-order valence-corrected chi connectivity index (χ4v) is 3.97. The zero-order valence-electron chi connectivity index (χ0n) is 16.7. The van der Waals surface area contributed by atoms with Crippen molar-refractivity contribution in [2.75, 3.05) is 6.61 Å². The molecule has 31 heavy (non-hydrogen) atoms. The van der Waals surface area contributed by atoms with Crippen LogP contribution in [0.1, 0.15) is 17.4 Å². The predicted octanol–water partition coefficient (Wildman–Crippen LogP) is 2.04. The van der Waals surface area contributed by atoms with Crippen LogP contribution < -0.4 is 10.4 Å². The van der Waals surface area contributed by atoms with E-state index in [4.69, 9.17) is 23.4 Å². The Labute approximate surface area is 177 Å². The summed E-state index contributed by atoms with van der Waals surface area (Å²) in [6, 6.07) is 15.8. The Morgan fingerprint density at radius 2 is 1.81 bits per heavy atom. The number of hydrogen-bond donors (Lipinski definition) is 2. The number of rotatable bonds is 3. The second-order valence-electron chi connectivity index (χ2n) is 7.73. The van der Waals surface area contributed by atoms with Crippen LogP contribution in [-0.2, 0) is 14.2 Å². The van der Waals surface area contributed by atoms with Gasteiger partial charge in [-0.2, -0.15) is 0 Å². The summed E-state index contributed by atoms with van der Waals surface area (Å²) in [5, 5.41) is 22.1. The van der Waals surface area contributed by atoms with Gasteiger partial charge in [0.2, 0.25) is 6.29 Å². The first kappa shape index (κ1) is 20.2. The molecule has 2 aliphatic rings. The standard InChI is InChI=1S/C23H22O8/c1-12-9-18(24)29-16-10-14(7-8-15(12)16)28-23-20(26)19(25)21-17(30-23)11-27-22(31-21)13-5-3-2-4-6-13/h2-10,17,19-23,25-26H,11H2,1H3/t17?,19-,20?,21+,22?,23-/m1/s1. The molecule has 3 unspecified atom stereocenters. The van der Waals surface area contributed by atoms with E-state index in [1.54, 1.807) is 18.2 Å². The van der Waals surface area contributed by atoms with E-state index >= 15 is 0 Å². The molecule has 0 aliphatic carbocycles. The van der Waals surface area contributed by atoms with Crippen LogP contribution in [0, 0.1) is 6.92 Å². The molecule has 2 N–H and O–H groups in total. The SMILES string of the molecule is Cc1cc(=O)oc2cc(O[C@@H]3OC4COC(c5ccccc5)O[C@@H]4[C@H](O)C3O)ccc12. The highest BCUT2D eigenvalue weighted by molar-refractivity contribution is 5.81. The van der Waals surface area contributed by atoms with Crippen molar-refractivity contribution in [3.8, 4) is 5.75 Å². The number of benzene rings is 2. The second-order valence-corrected chi connectivity index (χ2v) is 7.73. The van der Waals surface area contributed by atoms with Gasteiger partial charge >= 0.3 is 5.63 Å². The molecule has 8 heteroatoms. The average molecular weight is 426 g/mol. The molecule has 3 aromatic rings. The van der Waals surface area contributed by atoms with Crippen molar-refractivity contribution in [2.24, 2.45) is 0 Å². The molecular weight excluding hydrogens is 404 g/mol. The zero-order valence-corrected chi connectivity index (χ0v) is 16.7. The van der Waals surface area contributed by atoms with E-state index in [-0.39, 0.29) is 6.61 Å². The third-order valence-corrected chi connectivity index (χ3v) is 5.58. The van der Waals surface area contributed by atoms with Crippen LogP contribution in [-0.4, -0.2) is 47.5 Å². The molecule has 2 aromatic carbocycles. The van der Waals surface area contributed by atoms with E-state index < -0.39 is 42.6 Å². The van der Waals surface area contributed by atoms with Crippen molar-refractivity contribution >= 4 is 11.0 Å². The summed E-state index contributed by atoms with van der Waals surface area (Å²) in [5.41, 5.74) is 1.50. The number of ether oxygens (including phenoxy) is 4. The number of aryl methyl sites for hydroxylation is 1. The fraction of sp³-hybridized carbons (Fsp3) is 0.348. The van der Waals surface area contributed by atoms with E-state index in [2.05, 4.69) is 0 Å². The third kappa shape index (κ3) is 3.84. The van der Waals surface area contributed by atoms with Gasteiger partial charge in [-0.15, -0.1) is 0 Å². The van der Waals surface area contributed by atoms with E-state index in [1.807, 2.05) is 37.3 Å². The Kier molecular flexibility index (Phi) is 5.25. The van der Waals surface area contributed by atoms with E-state index in [9.17, 15) is 15.0 Å². The van der Waals surface area contributed by atoms with E-state index in [0.29, 0.717) is 11.3 Å². The number of fused-ring (bicyclic) bond motifs is 2. The highest BCUT2D eigenvalue weighted by atomic mass is 16.8. The van der Waals surface area contributed by atoms with Gasteiger partial charge in [-0.3, -0.25) is 0 Å². The summed E-state index contributed by atoms with van der Waals surface area (Å²) >= 11 is 0. The summed E-state index contributed by atoms with van der Waals surface area (Å²) in [6.45, 7) is 1.98. The molecule has 2 saturated heterocycles. The Bertz CT molecular complexity index is 1130. The fourth-order valence-electron chi connectivity index (χ4n) is 3.97. The lowest BCUT2D eigenvalue weighted by atomic mass is 9.98. The summed E-state index contributed by atoms with van der Waals surface area (Å²) in [5.74, 6) is 0.329. The van der Waals surface area contributed by atoms with Gasteiger partial charge in [0.1, 0.15) is 35.7 Å². The molecule has 0 radical (unpaired) electrons. The first-order valence-electron chi connectivity index (χ1n) is 10.0. The number of aliphatic hydroxyl groups excluding tert-OH is 2. The van der Waals surface area contributed by atoms with Gasteiger partial charge in [-0.1, -0.05) is 30.3 Å². The van der Waals surface area contributed by atoms with Crippen molar-refractivity contribution in [1.29, 1.82) is 0 Å². The molecule has 6 atom stereocenters. The van der Waals surface area contributed by atoms with Crippen LogP contribution in [0.5, 0.6) is 5.75 Å². The van der Waals surface area contributed by atoms with Crippen molar-refractivity contribution in [3.63, 3.8) is 0 Å². The maximum Gasteiger partial charge on any atom is 0.336 e. The van der Waals surface area contributed by atoms with Gasteiger partial charge in [0.25, 0.3) is 0 Å². The minimum Gasteiger partial charge on any atom is -0.462 e. The topological polar surface area (TPSA) is 108 Å². The highest BCUT2D eigenvalue weighted by Crippen LogP contribution is 2.35.